The van der Waals surface area contributed by atoms with Crippen LogP contribution in [0, 0.1) is 0 Å². The minimum absolute atomic E-state index is 0.231. The van der Waals surface area contributed by atoms with Crippen molar-refractivity contribution in [3.05, 3.63) is 35.4 Å². The van der Waals surface area contributed by atoms with Gasteiger partial charge in [0.05, 0.1) is 12.8 Å². The van der Waals surface area contributed by atoms with Gasteiger partial charge in [-0.15, -0.1) is 0 Å². The first-order valence-corrected chi connectivity index (χ1v) is 6.52. The van der Waals surface area contributed by atoms with E-state index in [1.54, 1.807) is 13.0 Å². The van der Waals surface area contributed by atoms with Crippen molar-refractivity contribution in [2.24, 2.45) is 10.7 Å². The van der Waals surface area contributed by atoms with Crippen molar-refractivity contribution in [2.45, 2.75) is 19.4 Å². The first kappa shape index (κ1) is 14.8. The Morgan fingerprint density at radius 1 is 1.38 bits per heavy atom. The van der Waals surface area contributed by atoms with E-state index in [2.05, 4.69) is 15.0 Å². The van der Waals surface area contributed by atoms with Gasteiger partial charge in [-0.1, -0.05) is 18.2 Å². The molecule has 6 nitrogen and oxygen atoms in total. The summed E-state index contributed by atoms with van der Waals surface area (Å²) in [6, 6.07) is 6.68. The quantitative estimate of drug-likeness (QED) is 0.815. The molecule has 0 fully saturated rings. The van der Waals surface area contributed by atoms with Gasteiger partial charge in [-0.2, -0.15) is 0 Å². The van der Waals surface area contributed by atoms with Crippen LogP contribution in [0.15, 0.2) is 34.8 Å². The van der Waals surface area contributed by atoms with Crippen molar-refractivity contribution in [1.82, 2.24) is 5.32 Å². The molecular formula is C15H17N3O3. The molecule has 1 atom stereocenters. The predicted molar refractivity (Wildman–Crippen MR) is 79.9 cm³/mol. The number of para-hydroxylation sites is 1. The molecule has 6 heteroatoms. The van der Waals surface area contributed by atoms with Gasteiger partial charge >= 0.3 is 5.97 Å². The average Bonchev–Trinajstić information content (AvgIpc) is 2.64. The van der Waals surface area contributed by atoms with E-state index < -0.39 is 12.0 Å². The van der Waals surface area contributed by atoms with E-state index in [4.69, 9.17) is 5.73 Å². The van der Waals surface area contributed by atoms with Crippen LogP contribution in [-0.2, 0) is 14.3 Å². The van der Waals surface area contributed by atoms with E-state index in [1.807, 2.05) is 24.3 Å². The maximum atomic E-state index is 12.2. The Balaban J connectivity index is 2.24. The Bertz CT molecular complexity index is 635. The molecule has 1 aliphatic heterocycles. The Hall–Kier alpha value is -2.63. The molecule has 1 aromatic rings. The van der Waals surface area contributed by atoms with Crippen LogP contribution >= 0.6 is 0 Å². The number of aliphatic imine (C=N–C) groups is 1. The topological polar surface area (TPSA) is 93.8 Å². The summed E-state index contributed by atoms with van der Waals surface area (Å²) in [7, 11) is 1.27. The number of esters is 1. The fraction of sp³-hybridized carbons (Fsp3) is 0.267. The van der Waals surface area contributed by atoms with Gasteiger partial charge in [-0.05, 0) is 19.1 Å². The second kappa shape index (κ2) is 6.21. The number of carbonyl (C=O) groups excluding carboxylic acids is 2. The number of hydrogen-bond donors (Lipinski definition) is 2. The van der Waals surface area contributed by atoms with Crippen molar-refractivity contribution >= 4 is 29.5 Å². The number of carbonyl (C=O) groups is 2. The van der Waals surface area contributed by atoms with E-state index in [9.17, 15) is 9.59 Å². The lowest BCUT2D eigenvalue weighted by atomic mass is 10.1. The molecule has 0 aromatic heterocycles. The number of benzene rings is 1. The minimum atomic E-state index is -0.722. The largest absolute Gasteiger partial charge is 0.467 e. The number of nitrogens with one attached hydrogen (secondary N) is 1. The molecule has 1 amide bonds. The fourth-order valence-corrected chi connectivity index (χ4v) is 2.01. The highest BCUT2D eigenvalue weighted by atomic mass is 16.5. The minimum Gasteiger partial charge on any atom is -0.467 e. The molecule has 1 heterocycles. The zero-order valence-electron chi connectivity index (χ0n) is 11.9. The van der Waals surface area contributed by atoms with Crippen molar-refractivity contribution < 1.29 is 14.3 Å². The van der Waals surface area contributed by atoms with Crippen LogP contribution in [-0.4, -0.2) is 30.9 Å². The Morgan fingerprint density at radius 2 is 2.10 bits per heavy atom. The molecule has 3 N–H and O–H groups in total. The van der Waals surface area contributed by atoms with Crippen molar-refractivity contribution in [2.75, 3.05) is 7.11 Å². The molecule has 0 saturated heterocycles. The molecule has 2 rings (SSSR count). The normalized spacial score (nSPS) is 15.0. The summed E-state index contributed by atoms with van der Waals surface area (Å²) in [5, 5.41) is 2.59. The van der Waals surface area contributed by atoms with Gasteiger partial charge in [-0.25, -0.2) is 9.79 Å². The molecule has 0 bridgehead atoms. The number of nitrogens with two attached hydrogens (primary N) is 1. The van der Waals surface area contributed by atoms with E-state index >= 15 is 0 Å². The van der Waals surface area contributed by atoms with E-state index in [0.717, 1.165) is 11.3 Å². The lowest BCUT2D eigenvalue weighted by Crippen LogP contribution is -2.40. The number of fused-ring (bicyclic) bond motifs is 1. The van der Waals surface area contributed by atoms with Crippen LogP contribution in [0.1, 0.15) is 18.9 Å². The number of amidine groups is 1. The smallest absolute Gasteiger partial charge is 0.328 e. The Kier molecular flexibility index (Phi) is 4.37. The first-order chi connectivity index (χ1) is 10.0. The molecular weight excluding hydrogens is 270 g/mol. The average molecular weight is 287 g/mol. The third-order valence-corrected chi connectivity index (χ3v) is 3.10. The molecule has 110 valence electrons. The van der Waals surface area contributed by atoms with Gasteiger partial charge in [0.1, 0.15) is 11.9 Å². The van der Waals surface area contributed by atoms with Crippen LogP contribution in [0.25, 0.3) is 6.08 Å². The molecule has 21 heavy (non-hydrogen) atoms. The number of amides is 1. The summed E-state index contributed by atoms with van der Waals surface area (Å²) in [5.41, 5.74) is 7.82. The zero-order chi connectivity index (χ0) is 15.4. The maximum Gasteiger partial charge on any atom is 0.328 e. The van der Waals surface area contributed by atoms with Crippen LogP contribution < -0.4 is 11.1 Å². The molecule has 0 radical (unpaired) electrons. The fourth-order valence-electron chi connectivity index (χ4n) is 2.01. The van der Waals surface area contributed by atoms with Crippen LogP contribution in [0.5, 0.6) is 0 Å². The summed E-state index contributed by atoms with van der Waals surface area (Å²) in [6.45, 7) is 1.56. The van der Waals surface area contributed by atoms with Gasteiger partial charge in [0.15, 0.2) is 0 Å². The van der Waals surface area contributed by atoms with Crippen LogP contribution in [0.2, 0.25) is 0 Å². The highest BCUT2D eigenvalue weighted by Crippen LogP contribution is 2.25. The van der Waals surface area contributed by atoms with Gasteiger partial charge in [0, 0.05) is 17.6 Å². The first-order valence-electron chi connectivity index (χ1n) is 6.52. The lowest BCUT2D eigenvalue weighted by molar-refractivity contribution is -0.144. The van der Waals surface area contributed by atoms with Crippen LogP contribution in [0.3, 0.4) is 0 Å². The second-order valence-electron chi connectivity index (χ2n) is 4.73. The summed E-state index contributed by atoms with van der Waals surface area (Å²) in [5.74, 6) is -0.505. The van der Waals surface area contributed by atoms with Crippen LogP contribution in [0.4, 0.5) is 5.69 Å². The highest BCUT2D eigenvalue weighted by Gasteiger charge is 2.20. The van der Waals surface area contributed by atoms with Crippen molar-refractivity contribution in [1.29, 1.82) is 0 Å². The molecule has 1 unspecified atom stereocenters. The van der Waals surface area contributed by atoms with Crippen molar-refractivity contribution in [3.63, 3.8) is 0 Å². The number of rotatable bonds is 3. The van der Waals surface area contributed by atoms with E-state index in [1.165, 1.54) is 7.11 Å². The maximum absolute atomic E-state index is 12.2. The lowest BCUT2D eigenvalue weighted by Gasteiger charge is -2.13. The third-order valence-electron chi connectivity index (χ3n) is 3.10. The number of nitrogens with zero attached hydrogens (tertiary/aromatic N) is 1. The molecule has 0 saturated carbocycles. The van der Waals surface area contributed by atoms with Gasteiger partial charge in [-0.3, -0.25) is 4.79 Å². The standard InChI is InChI=1S/C15H17N3O3/c1-9(15(20)21-2)17-14(19)11-7-10-5-3-4-6-12(10)18-13(16)8-11/h3-7,9H,8H2,1-2H3,(H2,16,18)(H,17,19). The van der Waals surface area contributed by atoms with Crippen molar-refractivity contribution in [3.8, 4) is 0 Å². The predicted octanol–water partition coefficient (Wildman–Crippen LogP) is 1.14. The highest BCUT2D eigenvalue weighted by molar-refractivity contribution is 6.06. The Morgan fingerprint density at radius 3 is 2.81 bits per heavy atom. The summed E-state index contributed by atoms with van der Waals surface area (Å²) in [6.07, 6.45) is 1.96. The monoisotopic (exact) mass is 287 g/mol. The zero-order valence-corrected chi connectivity index (χ0v) is 11.9. The number of methoxy groups -OCH3 is 1. The SMILES string of the molecule is COC(=O)C(C)NC(=O)C1=Cc2ccccc2N=C(N)C1. The van der Waals surface area contributed by atoms with E-state index in [-0.39, 0.29) is 12.3 Å². The second-order valence-corrected chi connectivity index (χ2v) is 4.73. The summed E-state index contributed by atoms with van der Waals surface area (Å²) >= 11 is 0. The third kappa shape index (κ3) is 3.47. The molecule has 0 aliphatic carbocycles. The summed E-state index contributed by atoms with van der Waals surface area (Å²) in [4.78, 5) is 27.9. The molecule has 1 aromatic carbocycles. The summed E-state index contributed by atoms with van der Waals surface area (Å²) < 4.78 is 4.58. The molecule has 0 spiro atoms. The Labute approximate surface area is 122 Å². The molecule has 1 aliphatic rings. The van der Waals surface area contributed by atoms with E-state index in [0.29, 0.717) is 11.4 Å². The van der Waals surface area contributed by atoms with Gasteiger partial charge in [0.25, 0.3) is 0 Å². The number of hydrogen-bond acceptors (Lipinski definition) is 5. The van der Waals surface area contributed by atoms with Gasteiger partial charge in [0.2, 0.25) is 5.91 Å². The number of ether oxygens (including phenoxy) is 1. The van der Waals surface area contributed by atoms with Gasteiger partial charge < -0.3 is 15.8 Å².